The normalized spacial score (nSPS) is 16.1. The number of amides is 1. The van der Waals surface area contributed by atoms with Crippen molar-refractivity contribution in [2.75, 3.05) is 48.3 Å². The molecule has 2 fully saturated rings. The van der Waals surface area contributed by atoms with Gasteiger partial charge in [0.25, 0.3) is 0 Å². The molecule has 0 radical (unpaired) electrons. The van der Waals surface area contributed by atoms with Crippen molar-refractivity contribution in [3.63, 3.8) is 0 Å². The lowest BCUT2D eigenvalue weighted by Crippen LogP contribution is -2.47. The lowest BCUT2D eigenvalue weighted by Gasteiger charge is -2.34. The molecule has 208 valence electrons. The minimum atomic E-state index is 0.109. The molecule has 0 spiro atoms. The molecule has 10 nitrogen and oxygen atoms in total. The highest BCUT2D eigenvalue weighted by atomic mass is 32.2. The summed E-state index contributed by atoms with van der Waals surface area (Å²) in [6.45, 7) is 11.4. The van der Waals surface area contributed by atoms with Gasteiger partial charge in [-0.1, -0.05) is 33.6 Å². The van der Waals surface area contributed by atoms with Crippen LogP contribution < -0.4 is 15.5 Å². The number of unbranched alkanes of at least 4 members (excludes halogenated alkanes) is 2. The Kier molecular flexibility index (Phi) is 8.98. The van der Waals surface area contributed by atoms with E-state index in [1.165, 1.54) is 31.0 Å². The molecule has 1 aliphatic heterocycles. The first kappa shape index (κ1) is 27.4. The SMILES string of the molecule is CCCCCN1CCN(c2nc(Nc3cc(C(C)C)[nH]n3)nc(Sc3ccc(NC(=O)C4CC4)cc3)n2)CC1. The van der Waals surface area contributed by atoms with Gasteiger partial charge >= 0.3 is 0 Å². The van der Waals surface area contributed by atoms with E-state index in [0.29, 0.717) is 28.8 Å². The zero-order valence-corrected chi connectivity index (χ0v) is 23.9. The third-order valence-corrected chi connectivity index (χ3v) is 7.95. The Hall–Kier alpha value is -3.18. The maximum atomic E-state index is 12.1. The van der Waals surface area contributed by atoms with Gasteiger partial charge in [-0.2, -0.15) is 20.1 Å². The predicted molar refractivity (Wildman–Crippen MR) is 156 cm³/mol. The lowest BCUT2D eigenvalue weighted by molar-refractivity contribution is -0.117. The van der Waals surface area contributed by atoms with E-state index < -0.39 is 0 Å². The van der Waals surface area contributed by atoms with Crippen LogP contribution in [0.3, 0.4) is 0 Å². The van der Waals surface area contributed by atoms with Crippen LogP contribution in [0.15, 0.2) is 40.4 Å². The standard InChI is InChI=1S/C28H39N9OS/c1-4-5-6-13-36-14-16-37(17-15-36)27-31-26(30-24-18-23(19(2)3)34-35-24)32-28(33-27)39-22-11-9-21(10-12-22)29-25(38)20-7-8-20/h9-12,18-20H,4-8,13-17H2,1-3H3,(H,29,38)(H2,30,31,32,33,34,35). The predicted octanol–water partition coefficient (Wildman–Crippen LogP) is 5.27. The second-order valence-corrected chi connectivity index (χ2v) is 11.7. The van der Waals surface area contributed by atoms with Gasteiger partial charge in [-0.25, -0.2) is 0 Å². The molecule has 2 aliphatic rings. The minimum Gasteiger partial charge on any atom is -0.338 e. The third-order valence-electron chi connectivity index (χ3n) is 7.07. The van der Waals surface area contributed by atoms with Crippen LogP contribution in [-0.2, 0) is 4.79 Å². The summed E-state index contributed by atoms with van der Waals surface area (Å²) in [5.41, 5.74) is 1.86. The highest BCUT2D eigenvalue weighted by molar-refractivity contribution is 7.99. The van der Waals surface area contributed by atoms with Crippen molar-refractivity contribution in [1.29, 1.82) is 0 Å². The van der Waals surface area contributed by atoms with E-state index in [1.807, 2.05) is 30.3 Å². The molecule has 1 saturated heterocycles. The molecule has 0 bridgehead atoms. The van der Waals surface area contributed by atoms with Crippen molar-refractivity contribution >= 4 is 41.1 Å². The number of H-pyrrole nitrogens is 1. The number of benzene rings is 1. The summed E-state index contributed by atoms with van der Waals surface area (Å²) in [7, 11) is 0. The Labute approximate surface area is 234 Å². The van der Waals surface area contributed by atoms with E-state index in [0.717, 1.165) is 61.8 Å². The number of hydrogen-bond acceptors (Lipinski definition) is 9. The van der Waals surface area contributed by atoms with E-state index in [9.17, 15) is 4.79 Å². The lowest BCUT2D eigenvalue weighted by atomic mass is 10.1. The van der Waals surface area contributed by atoms with Crippen molar-refractivity contribution in [2.24, 2.45) is 5.92 Å². The summed E-state index contributed by atoms with van der Waals surface area (Å²) in [6, 6.07) is 9.82. The highest BCUT2D eigenvalue weighted by Gasteiger charge is 2.29. The van der Waals surface area contributed by atoms with Gasteiger partial charge in [0.15, 0.2) is 11.0 Å². The van der Waals surface area contributed by atoms with Gasteiger partial charge in [-0.05, 0) is 67.8 Å². The number of nitrogens with one attached hydrogen (secondary N) is 3. The van der Waals surface area contributed by atoms with Gasteiger partial charge in [0.2, 0.25) is 17.8 Å². The molecule has 1 aromatic carbocycles. The van der Waals surface area contributed by atoms with Gasteiger partial charge < -0.3 is 15.5 Å². The molecular weight excluding hydrogens is 510 g/mol. The van der Waals surface area contributed by atoms with E-state index in [2.05, 4.69) is 51.4 Å². The summed E-state index contributed by atoms with van der Waals surface area (Å²) in [5, 5.41) is 14.3. The molecule has 11 heteroatoms. The average molecular weight is 550 g/mol. The van der Waals surface area contributed by atoms with E-state index >= 15 is 0 Å². The Morgan fingerprint density at radius 2 is 1.85 bits per heavy atom. The number of aromatic nitrogens is 5. The Bertz CT molecular complexity index is 1230. The number of carbonyl (C=O) groups is 1. The maximum Gasteiger partial charge on any atom is 0.234 e. The first-order valence-corrected chi connectivity index (χ1v) is 14.9. The molecule has 0 unspecified atom stereocenters. The smallest absolute Gasteiger partial charge is 0.234 e. The van der Waals surface area contributed by atoms with Crippen LogP contribution in [0.1, 0.15) is 64.5 Å². The molecule has 1 saturated carbocycles. The molecule has 3 aromatic rings. The van der Waals surface area contributed by atoms with Crippen LogP contribution in [0.25, 0.3) is 0 Å². The van der Waals surface area contributed by atoms with E-state index in [1.54, 1.807) is 0 Å². The number of piperazine rings is 1. The monoisotopic (exact) mass is 549 g/mol. The van der Waals surface area contributed by atoms with Crippen LogP contribution in [0.2, 0.25) is 0 Å². The second kappa shape index (κ2) is 12.8. The number of aromatic amines is 1. The maximum absolute atomic E-state index is 12.1. The second-order valence-electron chi connectivity index (χ2n) is 10.7. The van der Waals surface area contributed by atoms with Crippen molar-refractivity contribution in [3.05, 3.63) is 36.0 Å². The number of rotatable bonds is 12. The molecule has 39 heavy (non-hydrogen) atoms. The number of hydrogen-bond donors (Lipinski definition) is 3. The molecule has 5 rings (SSSR count). The van der Waals surface area contributed by atoms with Crippen LogP contribution in [0, 0.1) is 5.92 Å². The summed E-state index contributed by atoms with van der Waals surface area (Å²) < 4.78 is 0. The topological polar surface area (TPSA) is 115 Å². The van der Waals surface area contributed by atoms with Crippen LogP contribution in [-0.4, -0.2) is 68.7 Å². The van der Waals surface area contributed by atoms with Crippen molar-refractivity contribution in [1.82, 2.24) is 30.0 Å². The zero-order chi connectivity index (χ0) is 27.2. The van der Waals surface area contributed by atoms with Gasteiger partial charge in [-0.3, -0.25) is 14.8 Å². The number of anilines is 4. The number of carbonyl (C=O) groups excluding carboxylic acids is 1. The van der Waals surface area contributed by atoms with Crippen LogP contribution in [0.5, 0.6) is 0 Å². The molecule has 1 aliphatic carbocycles. The Morgan fingerprint density at radius 1 is 1.08 bits per heavy atom. The fourth-order valence-electron chi connectivity index (χ4n) is 4.46. The molecular formula is C28H39N9OS. The molecule has 0 atom stereocenters. The molecule has 2 aromatic heterocycles. The molecule has 3 N–H and O–H groups in total. The van der Waals surface area contributed by atoms with Gasteiger partial charge in [0, 0.05) is 54.4 Å². The summed E-state index contributed by atoms with van der Waals surface area (Å²) >= 11 is 1.48. The summed E-state index contributed by atoms with van der Waals surface area (Å²) in [4.78, 5) is 32.2. The summed E-state index contributed by atoms with van der Waals surface area (Å²) in [5.74, 6) is 2.47. The Morgan fingerprint density at radius 3 is 2.51 bits per heavy atom. The Balaban J connectivity index is 1.30. The first-order valence-electron chi connectivity index (χ1n) is 14.1. The van der Waals surface area contributed by atoms with Gasteiger partial charge in [0.05, 0.1) is 0 Å². The van der Waals surface area contributed by atoms with Crippen molar-refractivity contribution in [3.8, 4) is 0 Å². The number of nitrogens with zero attached hydrogens (tertiary/aromatic N) is 6. The van der Waals surface area contributed by atoms with Gasteiger partial charge in [0.1, 0.15) is 0 Å². The quantitative estimate of drug-likeness (QED) is 0.260. The van der Waals surface area contributed by atoms with Crippen LogP contribution >= 0.6 is 11.8 Å². The van der Waals surface area contributed by atoms with Crippen molar-refractivity contribution in [2.45, 2.75) is 68.8 Å². The third kappa shape index (κ3) is 7.69. The summed E-state index contributed by atoms with van der Waals surface area (Å²) in [6.07, 6.45) is 5.75. The van der Waals surface area contributed by atoms with E-state index in [-0.39, 0.29) is 11.8 Å². The fourth-order valence-corrected chi connectivity index (χ4v) is 5.20. The largest absolute Gasteiger partial charge is 0.338 e. The van der Waals surface area contributed by atoms with Crippen molar-refractivity contribution < 1.29 is 4.79 Å². The average Bonchev–Trinajstić information content (AvgIpc) is 3.69. The van der Waals surface area contributed by atoms with E-state index in [4.69, 9.17) is 15.0 Å². The fraction of sp³-hybridized carbons (Fsp3) is 0.536. The zero-order valence-electron chi connectivity index (χ0n) is 23.1. The highest BCUT2D eigenvalue weighted by Crippen LogP contribution is 2.32. The molecule has 1 amide bonds. The molecule has 3 heterocycles. The van der Waals surface area contributed by atoms with Crippen LogP contribution in [0.4, 0.5) is 23.4 Å². The van der Waals surface area contributed by atoms with Gasteiger partial charge in [-0.15, -0.1) is 0 Å². The first-order chi connectivity index (χ1) is 19.0. The minimum absolute atomic E-state index is 0.109.